The average molecular weight is 333 g/mol. The van der Waals surface area contributed by atoms with Crippen LogP contribution < -0.4 is 0 Å². The number of fused-ring (bicyclic) bond motifs is 1. The second kappa shape index (κ2) is 6.24. The average Bonchev–Trinajstić information content (AvgIpc) is 3.24. The molecule has 4 rings (SSSR count). The van der Waals surface area contributed by atoms with Gasteiger partial charge in [0.15, 0.2) is 11.5 Å². The smallest absolute Gasteiger partial charge is 0.357 e. The Bertz CT molecular complexity index is 1030. The highest BCUT2D eigenvalue weighted by atomic mass is 16.5. The Morgan fingerprint density at radius 2 is 1.96 bits per heavy atom. The molecule has 6 heteroatoms. The third-order valence-corrected chi connectivity index (χ3v) is 3.87. The Morgan fingerprint density at radius 3 is 2.80 bits per heavy atom. The first kappa shape index (κ1) is 15.1. The Balaban J connectivity index is 1.51. The number of benzene rings is 1. The lowest BCUT2D eigenvalue weighted by Crippen LogP contribution is -2.09. The molecule has 0 saturated carbocycles. The summed E-state index contributed by atoms with van der Waals surface area (Å²) in [6.07, 6.45) is 1.79. The van der Waals surface area contributed by atoms with E-state index in [9.17, 15) is 4.79 Å². The molecule has 1 aromatic carbocycles. The van der Waals surface area contributed by atoms with Crippen LogP contribution in [0.15, 0.2) is 65.3 Å². The molecule has 0 aliphatic rings. The van der Waals surface area contributed by atoms with Gasteiger partial charge in [0.25, 0.3) is 0 Å². The highest BCUT2D eigenvalue weighted by Crippen LogP contribution is 2.20. The molecule has 0 saturated heterocycles. The topological polar surface area (TPSA) is 69.6 Å². The largest absolute Gasteiger partial charge is 0.454 e. The van der Waals surface area contributed by atoms with E-state index in [1.165, 1.54) is 0 Å². The van der Waals surface area contributed by atoms with E-state index in [1.54, 1.807) is 23.6 Å². The van der Waals surface area contributed by atoms with Crippen LogP contribution in [0.1, 0.15) is 21.9 Å². The van der Waals surface area contributed by atoms with Crippen molar-refractivity contribution in [2.24, 2.45) is 0 Å². The van der Waals surface area contributed by atoms with E-state index in [0.29, 0.717) is 28.5 Å². The Labute approximate surface area is 143 Å². The van der Waals surface area contributed by atoms with Gasteiger partial charge in [0.1, 0.15) is 17.9 Å². The number of aromatic nitrogens is 3. The van der Waals surface area contributed by atoms with E-state index in [-0.39, 0.29) is 6.61 Å². The van der Waals surface area contributed by atoms with E-state index < -0.39 is 5.97 Å². The monoisotopic (exact) mass is 333 g/mol. The predicted molar refractivity (Wildman–Crippen MR) is 91.0 cm³/mol. The molecule has 0 fully saturated rings. The van der Waals surface area contributed by atoms with Crippen molar-refractivity contribution >= 4 is 11.6 Å². The lowest BCUT2D eigenvalue weighted by atomic mass is 10.2. The lowest BCUT2D eigenvalue weighted by molar-refractivity contribution is 0.0455. The Hall–Kier alpha value is -3.41. The van der Waals surface area contributed by atoms with Gasteiger partial charge in [0.2, 0.25) is 0 Å². The third-order valence-electron chi connectivity index (χ3n) is 3.87. The van der Waals surface area contributed by atoms with Crippen molar-refractivity contribution in [2.45, 2.75) is 13.5 Å². The van der Waals surface area contributed by atoms with Crippen LogP contribution in [0.5, 0.6) is 0 Å². The van der Waals surface area contributed by atoms with Gasteiger partial charge in [-0.1, -0.05) is 41.6 Å². The van der Waals surface area contributed by atoms with Crippen LogP contribution >= 0.6 is 0 Å². The summed E-state index contributed by atoms with van der Waals surface area (Å²) in [6.45, 7) is 1.82. The number of imidazole rings is 1. The number of aryl methyl sites for hydroxylation is 1. The van der Waals surface area contributed by atoms with Crippen molar-refractivity contribution in [1.29, 1.82) is 0 Å². The zero-order valence-electron chi connectivity index (χ0n) is 13.5. The molecule has 0 bridgehead atoms. The summed E-state index contributed by atoms with van der Waals surface area (Å²) in [5.74, 6) is 0.193. The quantitative estimate of drug-likeness (QED) is 0.533. The van der Waals surface area contributed by atoms with Gasteiger partial charge in [-0.15, -0.1) is 0 Å². The van der Waals surface area contributed by atoms with Crippen molar-refractivity contribution in [3.63, 3.8) is 0 Å². The number of rotatable bonds is 4. The van der Waals surface area contributed by atoms with Crippen molar-refractivity contribution in [1.82, 2.24) is 14.5 Å². The van der Waals surface area contributed by atoms with Gasteiger partial charge in [0, 0.05) is 17.8 Å². The molecule has 0 atom stereocenters. The van der Waals surface area contributed by atoms with Crippen LogP contribution in [-0.4, -0.2) is 20.5 Å². The molecule has 0 amide bonds. The summed E-state index contributed by atoms with van der Waals surface area (Å²) in [7, 11) is 0. The normalized spacial score (nSPS) is 10.9. The second-order valence-corrected chi connectivity index (χ2v) is 5.60. The van der Waals surface area contributed by atoms with Gasteiger partial charge >= 0.3 is 5.97 Å². The first-order chi connectivity index (χ1) is 12.2. The minimum atomic E-state index is -0.444. The Kier molecular flexibility index (Phi) is 3.78. The minimum absolute atomic E-state index is 0.0364. The molecule has 4 aromatic rings. The van der Waals surface area contributed by atoms with Crippen molar-refractivity contribution in [3.8, 4) is 11.3 Å². The number of hydrogen-bond acceptors (Lipinski definition) is 5. The standard InChI is InChI=1S/C19H15N3O3/c1-13-18(22-10-6-5-9-17(22)20-13)19(23)24-12-15-11-16(25-21-15)14-7-3-2-4-8-14/h2-11H,12H2,1H3. The van der Waals surface area contributed by atoms with Crippen LogP contribution in [0.3, 0.4) is 0 Å². The van der Waals surface area contributed by atoms with E-state index >= 15 is 0 Å². The number of esters is 1. The molecule has 0 N–H and O–H groups in total. The van der Waals surface area contributed by atoms with Crippen LogP contribution in [-0.2, 0) is 11.3 Å². The molecular weight excluding hydrogens is 318 g/mol. The molecule has 0 aliphatic heterocycles. The predicted octanol–water partition coefficient (Wildman–Crippen LogP) is 3.65. The fourth-order valence-corrected chi connectivity index (χ4v) is 2.69. The zero-order valence-corrected chi connectivity index (χ0v) is 13.5. The van der Waals surface area contributed by atoms with Gasteiger partial charge in [-0.25, -0.2) is 9.78 Å². The van der Waals surface area contributed by atoms with Gasteiger partial charge in [0.05, 0.1) is 5.69 Å². The molecule has 0 aliphatic carbocycles. The molecule has 124 valence electrons. The molecule has 0 unspecified atom stereocenters. The summed E-state index contributed by atoms with van der Waals surface area (Å²) in [4.78, 5) is 16.8. The molecule has 6 nitrogen and oxygen atoms in total. The van der Waals surface area contributed by atoms with Crippen LogP contribution in [0.25, 0.3) is 17.0 Å². The van der Waals surface area contributed by atoms with E-state index in [2.05, 4.69) is 10.1 Å². The second-order valence-electron chi connectivity index (χ2n) is 5.60. The van der Waals surface area contributed by atoms with E-state index in [0.717, 1.165) is 5.56 Å². The third kappa shape index (κ3) is 2.89. The van der Waals surface area contributed by atoms with Gasteiger partial charge in [-0.3, -0.25) is 4.40 Å². The van der Waals surface area contributed by atoms with E-state index in [1.807, 2.05) is 48.5 Å². The number of pyridine rings is 1. The fourth-order valence-electron chi connectivity index (χ4n) is 2.69. The summed E-state index contributed by atoms with van der Waals surface area (Å²) in [6, 6.07) is 17.0. The molecule has 0 radical (unpaired) electrons. The highest BCUT2D eigenvalue weighted by Gasteiger charge is 2.18. The van der Waals surface area contributed by atoms with Crippen LogP contribution in [0.2, 0.25) is 0 Å². The number of ether oxygens (including phenoxy) is 1. The maximum Gasteiger partial charge on any atom is 0.357 e. The van der Waals surface area contributed by atoms with E-state index in [4.69, 9.17) is 9.26 Å². The van der Waals surface area contributed by atoms with Crippen LogP contribution in [0, 0.1) is 6.92 Å². The first-order valence-electron chi connectivity index (χ1n) is 7.84. The molecule has 3 aromatic heterocycles. The number of hydrogen-bond donors (Lipinski definition) is 0. The van der Waals surface area contributed by atoms with Crippen LogP contribution in [0.4, 0.5) is 0 Å². The molecular formula is C19H15N3O3. The van der Waals surface area contributed by atoms with Crippen molar-refractivity contribution in [2.75, 3.05) is 0 Å². The number of carbonyl (C=O) groups excluding carboxylic acids is 1. The fraction of sp³-hybridized carbons (Fsp3) is 0.105. The lowest BCUT2D eigenvalue weighted by Gasteiger charge is -2.03. The maximum absolute atomic E-state index is 12.4. The van der Waals surface area contributed by atoms with Crippen molar-refractivity contribution < 1.29 is 14.1 Å². The molecule has 0 spiro atoms. The maximum atomic E-state index is 12.4. The number of carbonyl (C=O) groups is 1. The SMILES string of the molecule is Cc1nc2ccccn2c1C(=O)OCc1cc(-c2ccccc2)on1. The summed E-state index contributed by atoms with van der Waals surface area (Å²) in [5, 5.41) is 3.96. The zero-order chi connectivity index (χ0) is 17.2. The summed E-state index contributed by atoms with van der Waals surface area (Å²) < 4.78 is 12.4. The summed E-state index contributed by atoms with van der Waals surface area (Å²) in [5.41, 5.74) is 3.23. The number of nitrogens with zero attached hydrogens (tertiary/aromatic N) is 3. The first-order valence-corrected chi connectivity index (χ1v) is 7.84. The molecule has 25 heavy (non-hydrogen) atoms. The Morgan fingerprint density at radius 1 is 1.16 bits per heavy atom. The highest BCUT2D eigenvalue weighted by molar-refractivity contribution is 5.90. The van der Waals surface area contributed by atoms with Gasteiger partial charge in [-0.05, 0) is 19.1 Å². The van der Waals surface area contributed by atoms with Gasteiger partial charge in [-0.2, -0.15) is 0 Å². The molecule has 3 heterocycles. The van der Waals surface area contributed by atoms with Gasteiger partial charge < -0.3 is 9.26 Å². The van der Waals surface area contributed by atoms with Crippen molar-refractivity contribution in [3.05, 3.63) is 77.9 Å². The minimum Gasteiger partial charge on any atom is -0.454 e. The summed E-state index contributed by atoms with van der Waals surface area (Å²) >= 11 is 0.